The Kier molecular flexibility index (Phi) is 3.01. The molecule has 0 fully saturated rings. The van der Waals surface area contributed by atoms with Crippen LogP contribution in [0.5, 0.6) is 0 Å². The minimum atomic E-state index is -0.267. The lowest BCUT2D eigenvalue weighted by Crippen LogP contribution is -2.22. The van der Waals surface area contributed by atoms with Crippen LogP contribution in [0.1, 0.15) is 16.7 Å². The van der Waals surface area contributed by atoms with Crippen molar-refractivity contribution in [2.75, 3.05) is 0 Å². The van der Waals surface area contributed by atoms with Crippen molar-refractivity contribution in [1.82, 2.24) is 9.55 Å². The van der Waals surface area contributed by atoms with E-state index in [0.717, 1.165) is 11.1 Å². The Morgan fingerprint density at radius 2 is 2.29 bits per heavy atom. The summed E-state index contributed by atoms with van der Waals surface area (Å²) in [5.41, 5.74) is 1.89. The fraction of sp³-hybridized carbons (Fsp3) is 0.154. The molecule has 0 bridgehead atoms. The van der Waals surface area contributed by atoms with Crippen molar-refractivity contribution in [1.29, 1.82) is 5.26 Å². The highest BCUT2D eigenvalue weighted by atomic mass is 16.1. The van der Waals surface area contributed by atoms with Gasteiger partial charge in [-0.25, -0.2) is 0 Å². The molecule has 0 unspecified atom stereocenters. The molecular formula is C13H11N3O. The first-order valence-electron chi connectivity index (χ1n) is 5.21. The Balaban J connectivity index is 2.38. The van der Waals surface area contributed by atoms with E-state index < -0.39 is 0 Å². The van der Waals surface area contributed by atoms with Crippen LogP contribution in [0, 0.1) is 18.3 Å². The number of hydrogen-bond donors (Lipinski definition) is 0. The molecule has 0 saturated carbocycles. The van der Waals surface area contributed by atoms with Crippen LogP contribution in [-0.2, 0) is 6.54 Å². The standard InChI is InChI=1S/C13H11N3O/c1-10-5-11(8-15-7-10)9-16-4-2-3-12(6-14)13(16)17/h2-5,7-8H,9H2,1H3. The molecule has 2 aromatic heterocycles. The lowest BCUT2D eigenvalue weighted by Gasteiger charge is -2.05. The Morgan fingerprint density at radius 1 is 1.47 bits per heavy atom. The first kappa shape index (κ1) is 11.1. The second-order valence-corrected chi connectivity index (χ2v) is 3.84. The van der Waals surface area contributed by atoms with Crippen LogP contribution in [0.2, 0.25) is 0 Å². The molecule has 0 spiro atoms. The summed E-state index contributed by atoms with van der Waals surface area (Å²) in [7, 11) is 0. The summed E-state index contributed by atoms with van der Waals surface area (Å²) in [4.78, 5) is 15.9. The van der Waals surface area contributed by atoms with Crippen LogP contribution in [0.15, 0.2) is 41.6 Å². The van der Waals surface area contributed by atoms with Gasteiger partial charge in [-0.3, -0.25) is 9.78 Å². The Bertz CT molecular complexity index is 638. The first-order valence-corrected chi connectivity index (χ1v) is 5.21. The molecule has 4 heteroatoms. The number of nitriles is 1. The molecule has 0 amide bonds. The van der Waals surface area contributed by atoms with Gasteiger partial charge in [0.2, 0.25) is 0 Å². The topological polar surface area (TPSA) is 58.7 Å². The van der Waals surface area contributed by atoms with Gasteiger partial charge in [-0.1, -0.05) is 6.07 Å². The van der Waals surface area contributed by atoms with Crippen LogP contribution in [0.3, 0.4) is 0 Å². The molecule has 4 nitrogen and oxygen atoms in total. The second-order valence-electron chi connectivity index (χ2n) is 3.84. The van der Waals surface area contributed by atoms with Crippen molar-refractivity contribution in [2.45, 2.75) is 13.5 Å². The molecule has 0 aliphatic carbocycles. The summed E-state index contributed by atoms with van der Waals surface area (Å²) in [6.07, 6.45) is 5.15. The summed E-state index contributed by atoms with van der Waals surface area (Å²) in [6.45, 7) is 2.38. The number of hydrogen-bond acceptors (Lipinski definition) is 3. The van der Waals surface area contributed by atoms with Gasteiger partial charge in [0.15, 0.2) is 0 Å². The molecule has 84 valence electrons. The zero-order valence-electron chi connectivity index (χ0n) is 9.42. The van der Waals surface area contributed by atoms with Crippen molar-refractivity contribution >= 4 is 0 Å². The van der Waals surface area contributed by atoms with Gasteiger partial charge in [0.05, 0.1) is 6.54 Å². The third kappa shape index (κ3) is 2.40. The molecule has 0 aliphatic heterocycles. The van der Waals surface area contributed by atoms with Crippen molar-refractivity contribution in [3.8, 4) is 6.07 Å². The Labute approximate surface area is 98.8 Å². The maximum absolute atomic E-state index is 11.8. The average molecular weight is 225 g/mol. The normalized spacial score (nSPS) is 9.88. The number of pyridine rings is 2. The quantitative estimate of drug-likeness (QED) is 0.777. The van der Waals surface area contributed by atoms with E-state index in [1.165, 1.54) is 10.6 Å². The molecule has 0 aromatic carbocycles. The fourth-order valence-electron chi connectivity index (χ4n) is 1.65. The molecule has 17 heavy (non-hydrogen) atoms. The number of rotatable bonds is 2. The van der Waals surface area contributed by atoms with Crippen LogP contribution in [-0.4, -0.2) is 9.55 Å². The van der Waals surface area contributed by atoms with Gasteiger partial charge in [-0.05, 0) is 30.2 Å². The van der Waals surface area contributed by atoms with Gasteiger partial charge in [0.1, 0.15) is 11.6 Å². The van der Waals surface area contributed by atoms with E-state index in [1.54, 1.807) is 24.7 Å². The van der Waals surface area contributed by atoms with Crippen LogP contribution < -0.4 is 5.56 Å². The summed E-state index contributed by atoms with van der Waals surface area (Å²) in [6, 6.07) is 7.07. The molecule has 0 N–H and O–H groups in total. The van der Waals surface area contributed by atoms with Crippen LogP contribution in [0.25, 0.3) is 0 Å². The highest BCUT2D eigenvalue weighted by molar-refractivity contribution is 5.26. The minimum absolute atomic E-state index is 0.160. The highest BCUT2D eigenvalue weighted by Crippen LogP contribution is 2.03. The molecule has 2 rings (SSSR count). The first-order chi connectivity index (χ1) is 8.20. The summed E-state index contributed by atoms with van der Waals surface area (Å²) in [5.74, 6) is 0. The van der Waals surface area contributed by atoms with E-state index in [4.69, 9.17) is 5.26 Å². The third-order valence-electron chi connectivity index (χ3n) is 2.43. The van der Waals surface area contributed by atoms with Crippen molar-refractivity contribution < 1.29 is 0 Å². The predicted molar refractivity (Wildman–Crippen MR) is 63.5 cm³/mol. The monoisotopic (exact) mass is 225 g/mol. The zero-order valence-corrected chi connectivity index (χ0v) is 9.42. The van der Waals surface area contributed by atoms with Gasteiger partial charge >= 0.3 is 0 Å². The second kappa shape index (κ2) is 4.62. The summed E-state index contributed by atoms with van der Waals surface area (Å²) in [5, 5.41) is 8.78. The Morgan fingerprint density at radius 3 is 3.00 bits per heavy atom. The van der Waals surface area contributed by atoms with E-state index in [0.29, 0.717) is 6.54 Å². The van der Waals surface area contributed by atoms with E-state index in [1.807, 2.05) is 19.1 Å². The highest BCUT2D eigenvalue weighted by Gasteiger charge is 2.02. The maximum Gasteiger partial charge on any atom is 0.268 e. The smallest absolute Gasteiger partial charge is 0.268 e. The van der Waals surface area contributed by atoms with E-state index in [2.05, 4.69) is 4.98 Å². The molecule has 2 aromatic rings. The van der Waals surface area contributed by atoms with Gasteiger partial charge in [-0.15, -0.1) is 0 Å². The van der Waals surface area contributed by atoms with E-state index >= 15 is 0 Å². The van der Waals surface area contributed by atoms with Crippen molar-refractivity contribution in [3.63, 3.8) is 0 Å². The SMILES string of the molecule is Cc1cncc(Cn2cccc(C#N)c2=O)c1. The third-order valence-corrected chi connectivity index (χ3v) is 2.43. The van der Waals surface area contributed by atoms with Gasteiger partial charge in [-0.2, -0.15) is 5.26 Å². The number of aromatic nitrogens is 2. The molecule has 0 aliphatic rings. The zero-order chi connectivity index (χ0) is 12.3. The van der Waals surface area contributed by atoms with Crippen LogP contribution in [0.4, 0.5) is 0 Å². The van der Waals surface area contributed by atoms with Crippen LogP contribution >= 0.6 is 0 Å². The van der Waals surface area contributed by atoms with Gasteiger partial charge < -0.3 is 4.57 Å². The van der Waals surface area contributed by atoms with E-state index in [9.17, 15) is 4.79 Å². The predicted octanol–water partition coefficient (Wildman–Crippen LogP) is 1.47. The minimum Gasteiger partial charge on any atom is -0.310 e. The lowest BCUT2D eigenvalue weighted by molar-refractivity contribution is 0.752. The van der Waals surface area contributed by atoms with Gasteiger partial charge in [0, 0.05) is 18.6 Å². The maximum atomic E-state index is 11.8. The Hall–Kier alpha value is -2.41. The molecule has 2 heterocycles. The van der Waals surface area contributed by atoms with Crippen molar-refractivity contribution in [2.24, 2.45) is 0 Å². The summed E-state index contributed by atoms with van der Waals surface area (Å²) >= 11 is 0. The molecule has 0 atom stereocenters. The molecular weight excluding hydrogens is 214 g/mol. The number of aryl methyl sites for hydroxylation is 1. The lowest BCUT2D eigenvalue weighted by atomic mass is 10.2. The largest absolute Gasteiger partial charge is 0.310 e. The van der Waals surface area contributed by atoms with E-state index in [-0.39, 0.29) is 11.1 Å². The van der Waals surface area contributed by atoms with Crippen molar-refractivity contribution in [3.05, 3.63) is 63.8 Å². The fourth-order valence-corrected chi connectivity index (χ4v) is 1.65. The molecule has 0 radical (unpaired) electrons. The molecule has 0 saturated heterocycles. The van der Waals surface area contributed by atoms with Gasteiger partial charge in [0.25, 0.3) is 5.56 Å². The average Bonchev–Trinajstić information content (AvgIpc) is 2.32. The number of nitrogens with zero attached hydrogens (tertiary/aromatic N) is 3. The summed E-state index contributed by atoms with van der Waals surface area (Å²) < 4.78 is 1.51.